The van der Waals surface area contributed by atoms with Crippen molar-refractivity contribution >= 4 is 28.7 Å². The van der Waals surface area contributed by atoms with Gasteiger partial charge in [-0.15, -0.1) is 0 Å². The van der Waals surface area contributed by atoms with E-state index in [1.54, 1.807) is 0 Å². The normalized spacial score (nSPS) is 15.8. The second-order valence-electron chi connectivity index (χ2n) is 6.91. The zero-order valence-corrected chi connectivity index (χ0v) is 16.1. The van der Waals surface area contributed by atoms with Gasteiger partial charge in [0.15, 0.2) is 5.11 Å². The molecule has 1 aliphatic rings. The van der Waals surface area contributed by atoms with Crippen molar-refractivity contribution in [2.45, 2.75) is 39.7 Å². The van der Waals surface area contributed by atoms with E-state index >= 15 is 0 Å². The van der Waals surface area contributed by atoms with Crippen LogP contribution in [0.25, 0.3) is 0 Å². The van der Waals surface area contributed by atoms with E-state index in [-0.39, 0.29) is 0 Å². The van der Waals surface area contributed by atoms with Gasteiger partial charge in [-0.3, -0.25) is 0 Å². The number of rotatable bonds is 5. The van der Waals surface area contributed by atoms with Crippen LogP contribution in [0.4, 0.5) is 11.4 Å². The highest BCUT2D eigenvalue weighted by Gasteiger charge is 2.24. The molecule has 2 aromatic rings. The van der Waals surface area contributed by atoms with Crippen LogP contribution in [-0.2, 0) is 6.42 Å². The SMILES string of the molecule is Cc1ccc(NC(=S)NCCCN2c3ccccc3C[C@H]2C)cc1C. The Labute approximate surface area is 156 Å². The average molecular weight is 354 g/mol. The summed E-state index contributed by atoms with van der Waals surface area (Å²) in [6.45, 7) is 8.47. The Hall–Kier alpha value is -2.07. The lowest BCUT2D eigenvalue weighted by atomic mass is 10.1. The van der Waals surface area contributed by atoms with Crippen molar-refractivity contribution in [1.29, 1.82) is 0 Å². The maximum absolute atomic E-state index is 5.41. The van der Waals surface area contributed by atoms with Gasteiger partial charge in [-0.1, -0.05) is 24.3 Å². The lowest BCUT2D eigenvalue weighted by molar-refractivity contribution is 0.641. The van der Waals surface area contributed by atoms with Gasteiger partial charge in [-0.05, 0) is 80.7 Å². The molecule has 0 spiro atoms. The van der Waals surface area contributed by atoms with Crippen molar-refractivity contribution < 1.29 is 0 Å². The third-order valence-electron chi connectivity index (χ3n) is 4.97. The van der Waals surface area contributed by atoms with Crippen LogP contribution in [0.2, 0.25) is 0 Å². The number of hydrogen-bond donors (Lipinski definition) is 2. The lowest BCUT2D eigenvalue weighted by Gasteiger charge is -2.25. The second-order valence-corrected chi connectivity index (χ2v) is 7.32. The molecule has 1 atom stereocenters. The van der Waals surface area contributed by atoms with Gasteiger partial charge in [-0.2, -0.15) is 0 Å². The summed E-state index contributed by atoms with van der Waals surface area (Å²) >= 11 is 5.41. The number of para-hydroxylation sites is 1. The van der Waals surface area contributed by atoms with Gasteiger partial charge in [0.05, 0.1) is 0 Å². The zero-order chi connectivity index (χ0) is 17.8. The highest BCUT2D eigenvalue weighted by molar-refractivity contribution is 7.80. The summed E-state index contributed by atoms with van der Waals surface area (Å²) < 4.78 is 0. The van der Waals surface area contributed by atoms with E-state index in [0.29, 0.717) is 11.2 Å². The highest BCUT2D eigenvalue weighted by atomic mass is 32.1. The van der Waals surface area contributed by atoms with Gasteiger partial charge in [0.25, 0.3) is 0 Å². The third kappa shape index (κ3) is 4.31. The number of anilines is 2. The average Bonchev–Trinajstić information content (AvgIpc) is 2.90. The molecule has 4 heteroatoms. The number of nitrogens with one attached hydrogen (secondary N) is 2. The van der Waals surface area contributed by atoms with E-state index < -0.39 is 0 Å². The molecule has 0 unspecified atom stereocenters. The first-order chi connectivity index (χ1) is 12.0. The minimum Gasteiger partial charge on any atom is -0.368 e. The Morgan fingerprint density at radius 3 is 2.76 bits per heavy atom. The Bertz CT molecular complexity index is 757. The molecule has 2 N–H and O–H groups in total. The molecule has 1 heterocycles. The number of fused-ring (bicyclic) bond motifs is 1. The number of thiocarbonyl (C=S) groups is 1. The van der Waals surface area contributed by atoms with Crippen molar-refractivity contribution in [3.8, 4) is 0 Å². The molecular formula is C21H27N3S. The van der Waals surface area contributed by atoms with Crippen LogP contribution in [0.3, 0.4) is 0 Å². The molecule has 0 radical (unpaired) electrons. The maximum Gasteiger partial charge on any atom is 0.170 e. The zero-order valence-electron chi connectivity index (χ0n) is 15.3. The lowest BCUT2D eigenvalue weighted by Crippen LogP contribution is -2.34. The smallest absolute Gasteiger partial charge is 0.170 e. The van der Waals surface area contributed by atoms with E-state index in [1.165, 1.54) is 22.4 Å². The first-order valence-electron chi connectivity index (χ1n) is 9.01. The summed E-state index contributed by atoms with van der Waals surface area (Å²) in [5.74, 6) is 0. The maximum atomic E-state index is 5.41. The molecular weight excluding hydrogens is 326 g/mol. The fourth-order valence-electron chi connectivity index (χ4n) is 3.42. The molecule has 3 rings (SSSR count). The highest BCUT2D eigenvalue weighted by Crippen LogP contribution is 2.31. The first kappa shape index (κ1) is 17.7. The molecule has 0 amide bonds. The van der Waals surface area contributed by atoms with E-state index in [2.05, 4.69) is 78.8 Å². The van der Waals surface area contributed by atoms with E-state index in [0.717, 1.165) is 31.6 Å². The molecule has 0 fully saturated rings. The van der Waals surface area contributed by atoms with Crippen molar-refractivity contribution in [1.82, 2.24) is 5.32 Å². The molecule has 3 nitrogen and oxygen atoms in total. The molecule has 0 aliphatic carbocycles. The molecule has 0 bridgehead atoms. The number of benzene rings is 2. The molecule has 25 heavy (non-hydrogen) atoms. The van der Waals surface area contributed by atoms with Crippen LogP contribution in [0.15, 0.2) is 42.5 Å². The minimum atomic E-state index is 0.581. The quantitative estimate of drug-likeness (QED) is 0.614. The fraction of sp³-hybridized carbons (Fsp3) is 0.381. The molecule has 0 saturated carbocycles. The van der Waals surface area contributed by atoms with Gasteiger partial charge < -0.3 is 15.5 Å². The summed E-state index contributed by atoms with van der Waals surface area (Å²) in [5.41, 5.74) is 6.47. The van der Waals surface area contributed by atoms with Crippen LogP contribution >= 0.6 is 12.2 Å². The Morgan fingerprint density at radius 2 is 1.96 bits per heavy atom. The summed E-state index contributed by atoms with van der Waals surface area (Å²) in [5, 5.41) is 7.28. The van der Waals surface area contributed by atoms with Crippen LogP contribution in [0.1, 0.15) is 30.0 Å². The third-order valence-corrected chi connectivity index (χ3v) is 5.22. The van der Waals surface area contributed by atoms with Gasteiger partial charge in [0, 0.05) is 30.5 Å². The Kier molecular flexibility index (Phi) is 5.59. The van der Waals surface area contributed by atoms with Gasteiger partial charge in [0.1, 0.15) is 0 Å². The first-order valence-corrected chi connectivity index (χ1v) is 9.42. The van der Waals surface area contributed by atoms with Crippen LogP contribution in [-0.4, -0.2) is 24.2 Å². The summed E-state index contributed by atoms with van der Waals surface area (Å²) in [4.78, 5) is 2.51. The van der Waals surface area contributed by atoms with Crippen molar-refractivity contribution in [3.05, 3.63) is 59.2 Å². The van der Waals surface area contributed by atoms with Gasteiger partial charge >= 0.3 is 0 Å². The second kappa shape index (κ2) is 7.87. The predicted octanol–water partition coefficient (Wildman–Crippen LogP) is 4.43. The predicted molar refractivity (Wildman–Crippen MR) is 112 cm³/mol. The summed E-state index contributed by atoms with van der Waals surface area (Å²) in [6.07, 6.45) is 2.21. The van der Waals surface area contributed by atoms with Crippen molar-refractivity contribution in [2.24, 2.45) is 0 Å². The number of aryl methyl sites for hydroxylation is 2. The van der Waals surface area contributed by atoms with E-state index in [4.69, 9.17) is 12.2 Å². The van der Waals surface area contributed by atoms with Gasteiger partial charge in [-0.25, -0.2) is 0 Å². The monoisotopic (exact) mass is 353 g/mol. The molecule has 132 valence electrons. The van der Waals surface area contributed by atoms with Gasteiger partial charge in [0.2, 0.25) is 0 Å². The number of nitrogens with zero attached hydrogens (tertiary/aromatic N) is 1. The number of hydrogen-bond acceptors (Lipinski definition) is 2. The topological polar surface area (TPSA) is 27.3 Å². The molecule has 0 saturated heterocycles. The molecule has 1 aliphatic heterocycles. The van der Waals surface area contributed by atoms with Crippen LogP contribution in [0, 0.1) is 13.8 Å². The Morgan fingerprint density at radius 1 is 1.16 bits per heavy atom. The minimum absolute atomic E-state index is 0.581. The van der Waals surface area contributed by atoms with E-state index in [1.807, 2.05) is 0 Å². The van der Waals surface area contributed by atoms with E-state index in [9.17, 15) is 0 Å². The largest absolute Gasteiger partial charge is 0.368 e. The van der Waals surface area contributed by atoms with Crippen LogP contribution < -0.4 is 15.5 Å². The van der Waals surface area contributed by atoms with Crippen molar-refractivity contribution in [3.63, 3.8) is 0 Å². The molecule has 0 aromatic heterocycles. The van der Waals surface area contributed by atoms with Crippen LogP contribution in [0.5, 0.6) is 0 Å². The summed E-state index contributed by atoms with van der Waals surface area (Å²) in [6, 6.07) is 15.6. The molecule has 2 aromatic carbocycles. The summed E-state index contributed by atoms with van der Waals surface area (Å²) in [7, 11) is 0. The Balaban J connectivity index is 1.44. The fourth-order valence-corrected chi connectivity index (χ4v) is 3.64. The van der Waals surface area contributed by atoms with Crippen molar-refractivity contribution in [2.75, 3.05) is 23.3 Å². The standard InChI is InChI=1S/C21H27N3S/c1-15-9-10-19(13-16(15)2)23-21(25)22-11-6-12-24-17(3)14-18-7-4-5-8-20(18)24/h4-5,7-10,13,17H,6,11-12,14H2,1-3H3,(H2,22,23,25)/t17-/m1/s1.